The maximum absolute atomic E-state index is 5.34. The third-order valence-corrected chi connectivity index (χ3v) is 1.50. The van der Waals surface area contributed by atoms with Crippen molar-refractivity contribution in [2.24, 2.45) is 5.73 Å². The van der Waals surface area contributed by atoms with Gasteiger partial charge in [0.1, 0.15) is 18.1 Å². The molecule has 0 radical (unpaired) electrons. The number of ether oxygens (including phenoxy) is 2. The summed E-state index contributed by atoms with van der Waals surface area (Å²) >= 11 is 0. The summed E-state index contributed by atoms with van der Waals surface area (Å²) in [5.74, 6) is 1.63. The molecule has 0 aliphatic carbocycles. The van der Waals surface area contributed by atoms with Gasteiger partial charge < -0.3 is 15.2 Å². The molecule has 0 aromatic heterocycles. The molecule has 3 heteroatoms. The Hall–Kier alpha value is -1.22. The first-order valence-electron chi connectivity index (χ1n) is 4.42. The van der Waals surface area contributed by atoms with Crippen molar-refractivity contribution in [3.8, 4) is 11.5 Å². The Kier molecular flexibility index (Phi) is 4.12. The normalized spacial score (nSPS) is 9.69. The van der Waals surface area contributed by atoms with Crippen molar-refractivity contribution >= 4 is 0 Å². The molecule has 1 rings (SSSR count). The number of hydrogen-bond acceptors (Lipinski definition) is 3. The summed E-state index contributed by atoms with van der Waals surface area (Å²) in [5.41, 5.74) is 5.32. The maximum Gasteiger partial charge on any atom is 0.123 e. The van der Waals surface area contributed by atoms with Crippen LogP contribution in [-0.2, 0) is 0 Å². The van der Waals surface area contributed by atoms with Gasteiger partial charge in [0, 0.05) is 12.6 Å². The van der Waals surface area contributed by atoms with Crippen molar-refractivity contribution in [2.45, 2.75) is 6.92 Å². The van der Waals surface area contributed by atoms with Crippen LogP contribution in [0.25, 0.3) is 0 Å². The third kappa shape index (κ3) is 3.34. The van der Waals surface area contributed by atoms with Gasteiger partial charge in [0.05, 0.1) is 6.61 Å². The second-order valence-electron chi connectivity index (χ2n) is 2.55. The second-order valence-corrected chi connectivity index (χ2v) is 2.55. The van der Waals surface area contributed by atoms with Gasteiger partial charge in [-0.1, -0.05) is 6.07 Å². The van der Waals surface area contributed by atoms with Crippen LogP contribution in [0.5, 0.6) is 11.5 Å². The van der Waals surface area contributed by atoms with Gasteiger partial charge in [-0.25, -0.2) is 0 Å². The van der Waals surface area contributed by atoms with Gasteiger partial charge in [-0.15, -0.1) is 0 Å². The lowest BCUT2D eigenvalue weighted by atomic mass is 10.3. The van der Waals surface area contributed by atoms with Gasteiger partial charge in [0.2, 0.25) is 0 Å². The number of benzene rings is 1. The minimum Gasteiger partial charge on any atom is -0.494 e. The van der Waals surface area contributed by atoms with Gasteiger partial charge >= 0.3 is 0 Å². The van der Waals surface area contributed by atoms with E-state index in [-0.39, 0.29) is 0 Å². The highest BCUT2D eigenvalue weighted by atomic mass is 16.5. The average Bonchev–Trinajstić information content (AvgIpc) is 2.16. The van der Waals surface area contributed by atoms with Crippen molar-refractivity contribution in [3.63, 3.8) is 0 Å². The van der Waals surface area contributed by atoms with E-state index in [1.807, 2.05) is 31.2 Å². The molecule has 2 N–H and O–H groups in total. The van der Waals surface area contributed by atoms with Crippen LogP contribution < -0.4 is 15.2 Å². The summed E-state index contributed by atoms with van der Waals surface area (Å²) in [6, 6.07) is 7.55. The van der Waals surface area contributed by atoms with Crippen LogP contribution in [0.4, 0.5) is 0 Å². The minimum atomic E-state index is 0.527. The summed E-state index contributed by atoms with van der Waals surface area (Å²) < 4.78 is 10.7. The molecule has 0 unspecified atom stereocenters. The van der Waals surface area contributed by atoms with Gasteiger partial charge in [-0.2, -0.15) is 0 Å². The lowest BCUT2D eigenvalue weighted by molar-refractivity contribution is 0.316. The molecular formula is C10H15NO2. The van der Waals surface area contributed by atoms with Gasteiger partial charge in [-0.3, -0.25) is 0 Å². The van der Waals surface area contributed by atoms with E-state index in [1.54, 1.807) is 0 Å². The molecule has 0 fully saturated rings. The molecule has 72 valence electrons. The molecule has 0 amide bonds. The molecule has 0 saturated carbocycles. The van der Waals surface area contributed by atoms with Gasteiger partial charge in [0.15, 0.2) is 0 Å². The Bertz CT molecular complexity index is 250. The molecule has 0 bridgehead atoms. The maximum atomic E-state index is 5.34. The molecule has 0 saturated heterocycles. The van der Waals surface area contributed by atoms with E-state index in [1.165, 1.54) is 0 Å². The largest absolute Gasteiger partial charge is 0.494 e. The number of nitrogens with two attached hydrogens (primary N) is 1. The van der Waals surface area contributed by atoms with Crippen molar-refractivity contribution in [3.05, 3.63) is 24.3 Å². The smallest absolute Gasteiger partial charge is 0.123 e. The van der Waals surface area contributed by atoms with Crippen LogP contribution >= 0.6 is 0 Å². The third-order valence-electron chi connectivity index (χ3n) is 1.50. The van der Waals surface area contributed by atoms with E-state index in [0.29, 0.717) is 19.8 Å². The molecule has 0 aliphatic rings. The highest BCUT2D eigenvalue weighted by Gasteiger charge is 1.95. The van der Waals surface area contributed by atoms with E-state index >= 15 is 0 Å². The van der Waals surface area contributed by atoms with E-state index in [0.717, 1.165) is 11.5 Å². The van der Waals surface area contributed by atoms with Crippen LogP contribution in [0.1, 0.15) is 6.92 Å². The summed E-state index contributed by atoms with van der Waals surface area (Å²) in [7, 11) is 0. The highest BCUT2D eigenvalue weighted by Crippen LogP contribution is 2.18. The van der Waals surface area contributed by atoms with Gasteiger partial charge in [-0.05, 0) is 19.1 Å². The van der Waals surface area contributed by atoms with Crippen LogP contribution in [0.3, 0.4) is 0 Å². The summed E-state index contributed by atoms with van der Waals surface area (Å²) in [6.07, 6.45) is 0. The average molecular weight is 181 g/mol. The van der Waals surface area contributed by atoms with E-state index in [9.17, 15) is 0 Å². The molecule has 3 nitrogen and oxygen atoms in total. The zero-order chi connectivity index (χ0) is 9.52. The zero-order valence-corrected chi connectivity index (χ0v) is 7.82. The molecular weight excluding hydrogens is 166 g/mol. The Labute approximate surface area is 78.5 Å². The summed E-state index contributed by atoms with van der Waals surface area (Å²) in [4.78, 5) is 0. The Morgan fingerprint density at radius 2 is 1.92 bits per heavy atom. The lowest BCUT2D eigenvalue weighted by Crippen LogP contribution is -2.10. The highest BCUT2D eigenvalue weighted by molar-refractivity contribution is 5.32. The summed E-state index contributed by atoms with van der Waals surface area (Å²) in [5, 5.41) is 0. The summed E-state index contributed by atoms with van der Waals surface area (Å²) in [6.45, 7) is 3.68. The van der Waals surface area contributed by atoms with Crippen molar-refractivity contribution in [1.29, 1.82) is 0 Å². The monoisotopic (exact) mass is 181 g/mol. The number of hydrogen-bond donors (Lipinski definition) is 1. The minimum absolute atomic E-state index is 0.527. The molecule has 0 aliphatic heterocycles. The molecule has 13 heavy (non-hydrogen) atoms. The van der Waals surface area contributed by atoms with E-state index in [2.05, 4.69) is 0 Å². The SMILES string of the molecule is CCOc1cccc(OCCN)c1. The Morgan fingerprint density at radius 3 is 2.54 bits per heavy atom. The predicted molar refractivity (Wildman–Crippen MR) is 52.2 cm³/mol. The fourth-order valence-corrected chi connectivity index (χ4v) is 0.997. The molecule has 0 spiro atoms. The van der Waals surface area contributed by atoms with Crippen LogP contribution in [-0.4, -0.2) is 19.8 Å². The first kappa shape index (κ1) is 9.86. The Balaban J connectivity index is 2.56. The van der Waals surface area contributed by atoms with Crippen molar-refractivity contribution < 1.29 is 9.47 Å². The van der Waals surface area contributed by atoms with Crippen LogP contribution in [0.15, 0.2) is 24.3 Å². The van der Waals surface area contributed by atoms with E-state index in [4.69, 9.17) is 15.2 Å². The topological polar surface area (TPSA) is 44.5 Å². The predicted octanol–water partition coefficient (Wildman–Crippen LogP) is 1.42. The van der Waals surface area contributed by atoms with Crippen LogP contribution in [0, 0.1) is 0 Å². The fourth-order valence-electron chi connectivity index (χ4n) is 0.997. The standard InChI is InChI=1S/C10H15NO2/c1-2-12-9-4-3-5-10(8-9)13-7-6-11/h3-5,8H,2,6-7,11H2,1H3. The Morgan fingerprint density at radius 1 is 1.23 bits per heavy atom. The zero-order valence-electron chi connectivity index (χ0n) is 7.82. The molecule has 1 aromatic rings. The first-order chi connectivity index (χ1) is 6.36. The van der Waals surface area contributed by atoms with Crippen molar-refractivity contribution in [2.75, 3.05) is 19.8 Å². The van der Waals surface area contributed by atoms with Crippen molar-refractivity contribution in [1.82, 2.24) is 0 Å². The lowest BCUT2D eigenvalue weighted by Gasteiger charge is -2.06. The fraction of sp³-hybridized carbons (Fsp3) is 0.400. The second kappa shape index (κ2) is 5.43. The van der Waals surface area contributed by atoms with E-state index < -0.39 is 0 Å². The molecule has 1 aromatic carbocycles. The first-order valence-corrected chi connectivity index (χ1v) is 4.42. The van der Waals surface area contributed by atoms with Gasteiger partial charge in [0.25, 0.3) is 0 Å². The molecule has 0 heterocycles. The number of rotatable bonds is 5. The molecule has 0 atom stereocenters. The quantitative estimate of drug-likeness (QED) is 0.747. The van der Waals surface area contributed by atoms with Crippen LogP contribution in [0.2, 0.25) is 0 Å².